The molecule has 0 bridgehead atoms. The van der Waals surface area contributed by atoms with Gasteiger partial charge in [0.25, 0.3) is 5.92 Å². The fourth-order valence-electron chi connectivity index (χ4n) is 6.72. The zero-order valence-corrected chi connectivity index (χ0v) is 27.4. The highest BCUT2D eigenvalue weighted by molar-refractivity contribution is 5.84. The number of ether oxygens (including phenoxy) is 6. The summed E-state index contributed by atoms with van der Waals surface area (Å²) in [5.74, 6) is -6.59. The molecule has 0 amide bonds. The lowest BCUT2D eigenvalue weighted by Crippen LogP contribution is -2.67. The van der Waals surface area contributed by atoms with Gasteiger partial charge in [0.05, 0.1) is 31.3 Å². The maximum absolute atomic E-state index is 14.0. The van der Waals surface area contributed by atoms with Crippen molar-refractivity contribution in [3.8, 4) is 0 Å². The normalized spacial score (nSPS) is 47.3. The molecule has 20 N–H and O–H groups in total. The first-order valence-corrected chi connectivity index (χ1v) is 16.5. The average molecular weight is 751 g/mol. The van der Waals surface area contributed by atoms with Crippen LogP contribution in [0, 0.1) is 5.92 Å². The Morgan fingerprint density at radius 2 is 1.18 bits per heavy atom. The molecule has 4 aliphatic rings. The summed E-state index contributed by atoms with van der Waals surface area (Å²) >= 11 is 0. The minimum absolute atomic E-state index is 0.244. The number of aliphatic hydroxyl groups excluding tert-OH is 8. The molecular formula is C28H52F2N6O15. The summed E-state index contributed by atoms with van der Waals surface area (Å²) in [4.78, 5) is 12.7. The lowest BCUT2D eigenvalue weighted by molar-refractivity contribution is -0.309. The van der Waals surface area contributed by atoms with Crippen LogP contribution < -0.4 is 34.4 Å². The van der Waals surface area contributed by atoms with Crippen LogP contribution in [-0.2, 0) is 33.2 Å². The number of aliphatic hydroxyl groups is 8. The predicted octanol–water partition coefficient (Wildman–Crippen LogP) is -8.69. The molecule has 20 atom stereocenters. The summed E-state index contributed by atoms with van der Waals surface area (Å²) in [5, 5.41) is 84.2. The molecule has 0 aromatic heterocycles. The molecule has 3 aliphatic heterocycles. The van der Waals surface area contributed by atoms with Gasteiger partial charge in [-0.15, -0.1) is 0 Å². The summed E-state index contributed by atoms with van der Waals surface area (Å²) in [5.41, 5.74) is 34.7. The molecule has 3 heterocycles. The lowest BCUT2D eigenvalue weighted by atomic mass is 9.76. The number of carbonyl (C=O) groups is 1. The molecule has 3 saturated heterocycles. The second kappa shape index (κ2) is 17.5. The van der Waals surface area contributed by atoms with Crippen molar-refractivity contribution in [3.63, 3.8) is 0 Å². The fraction of sp³-hybridized carbons (Fsp3) is 0.964. The van der Waals surface area contributed by atoms with Crippen LogP contribution in [0.15, 0.2) is 0 Å². The van der Waals surface area contributed by atoms with Crippen molar-refractivity contribution in [2.24, 2.45) is 40.3 Å². The van der Waals surface area contributed by atoms with Crippen LogP contribution in [0.1, 0.15) is 12.8 Å². The summed E-state index contributed by atoms with van der Waals surface area (Å²) in [6, 6.07) is -3.94. The van der Waals surface area contributed by atoms with Crippen LogP contribution in [0.25, 0.3) is 0 Å². The van der Waals surface area contributed by atoms with E-state index in [2.05, 4.69) is 0 Å². The molecule has 51 heavy (non-hydrogen) atoms. The smallest absolute Gasteiger partial charge is 0.292 e. The highest BCUT2D eigenvalue weighted by Gasteiger charge is 2.55. The van der Waals surface area contributed by atoms with Crippen molar-refractivity contribution < 1.29 is 82.8 Å². The Labute approximate surface area is 290 Å². The number of halogens is 2. The van der Waals surface area contributed by atoms with E-state index in [1.807, 2.05) is 0 Å². The SMILES string of the molecule is NC[C@@H]1O[C@H](O[C@H]2[C@@H](O)[C@H](O[C@@H]3[C@@H](O)[C@H](CC(=O)[C@@H](O)C(F)(F)CN)C[C@H](N)[C@H]3O[C@H]3O[C@H](CN)[C@@H](O)[C@@H](O)[C@H]3N)O[C@@H]2CO)[C@H](N)[C@@H](O)[C@@H]1O. The van der Waals surface area contributed by atoms with E-state index in [0.29, 0.717) is 0 Å². The van der Waals surface area contributed by atoms with Crippen LogP contribution in [0.3, 0.4) is 0 Å². The number of alkyl halides is 2. The van der Waals surface area contributed by atoms with Gasteiger partial charge in [0, 0.05) is 25.6 Å². The summed E-state index contributed by atoms with van der Waals surface area (Å²) in [6.45, 7) is -2.63. The first kappa shape index (κ1) is 42.5. The maximum Gasteiger partial charge on any atom is 0.292 e. The minimum atomic E-state index is -3.97. The van der Waals surface area contributed by atoms with E-state index < -0.39 is 154 Å². The van der Waals surface area contributed by atoms with Crippen molar-refractivity contribution in [3.05, 3.63) is 0 Å². The molecule has 0 aromatic carbocycles. The Hall–Kier alpha value is -1.27. The van der Waals surface area contributed by atoms with Gasteiger partial charge in [-0.2, -0.15) is 0 Å². The van der Waals surface area contributed by atoms with Crippen LogP contribution in [-0.4, -0.2) is 195 Å². The summed E-state index contributed by atoms with van der Waals surface area (Å²) in [6.07, 6.45) is -26.6. The molecule has 0 radical (unpaired) electrons. The molecule has 298 valence electrons. The number of nitrogens with two attached hydrogens (primary N) is 6. The second-order valence-corrected chi connectivity index (χ2v) is 13.4. The monoisotopic (exact) mass is 750 g/mol. The number of hydrogen-bond donors (Lipinski definition) is 14. The predicted molar refractivity (Wildman–Crippen MR) is 164 cm³/mol. The zero-order valence-electron chi connectivity index (χ0n) is 27.4. The third-order valence-corrected chi connectivity index (χ3v) is 9.89. The van der Waals surface area contributed by atoms with Gasteiger partial charge in [0.1, 0.15) is 67.1 Å². The van der Waals surface area contributed by atoms with Crippen LogP contribution >= 0.6 is 0 Å². The first-order valence-electron chi connectivity index (χ1n) is 16.5. The highest BCUT2D eigenvalue weighted by atomic mass is 19.3. The van der Waals surface area contributed by atoms with Crippen molar-refractivity contribution in [2.45, 2.75) is 135 Å². The van der Waals surface area contributed by atoms with Crippen molar-refractivity contribution in [1.29, 1.82) is 0 Å². The van der Waals surface area contributed by atoms with Crippen molar-refractivity contribution in [1.82, 2.24) is 0 Å². The summed E-state index contributed by atoms with van der Waals surface area (Å²) < 4.78 is 62.8. The van der Waals surface area contributed by atoms with E-state index in [4.69, 9.17) is 62.8 Å². The Morgan fingerprint density at radius 1 is 0.706 bits per heavy atom. The highest BCUT2D eigenvalue weighted by Crippen LogP contribution is 2.37. The molecule has 0 spiro atoms. The van der Waals surface area contributed by atoms with E-state index in [1.54, 1.807) is 0 Å². The quantitative estimate of drug-likeness (QED) is 0.0783. The molecule has 0 aromatic rings. The Balaban J connectivity index is 1.59. The molecule has 4 fully saturated rings. The number of ketones is 1. The summed E-state index contributed by atoms with van der Waals surface area (Å²) in [7, 11) is 0. The first-order chi connectivity index (χ1) is 23.9. The minimum Gasteiger partial charge on any atom is -0.394 e. The van der Waals surface area contributed by atoms with E-state index in [0.717, 1.165) is 0 Å². The molecule has 0 unspecified atom stereocenters. The fourth-order valence-corrected chi connectivity index (χ4v) is 6.72. The average Bonchev–Trinajstić information content (AvgIpc) is 3.40. The van der Waals surface area contributed by atoms with E-state index >= 15 is 0 Å². The molecule has 1 saturated carbocycles. The third-order valence-electron chi connectivity index (χ3n) is 9.89. The molecule has 4 rings (SSSR count). The largest absolute Gasteiger partial charge is 0.394 e. The zero-order chi connectivity index (χ0) is 38.1. The molecule has 23 heteroatoms. The van der Waals surface area contributed by atoms with Gasteiger partial charge in [0.2, 0.25) is 0 Å². The van der Waals surface area contributed by atoms with Gasteiger partial charge < -0.3 is 104 Å². The Bertz CT molecular complexity index is 1140. The Morgan fingerprint density at radius 3 is 1.65 bits per heavy atom. The van der Waals surface area contributed by atoms with Gasteiger partial charge in [-0.1, -0.05) is 0 Å². The standard InChI is InChI=1S/C28H52F2N6O15/c29-28(30,6-33)24(45)9(38)2-7-1-8(34)21(49-25-13(35)18(42)16(40)10(3-31)46-25)23(15(7)39)51-27-20(44)22(12(5-37)48-27)50-26-14(36)19(43)17(41)11(4-32)47-26/h7-8,10-27,37,39-45H,1-6,31-36H2/t7-,8-,10+,11-,12+,13+,14+,15-,16+,17+,18-,19+,20+,21+,22+,23+,24+,25+,26+,27-/m0/s1. The van der Waals surface area contributed by atoms with Crippen molar-refractivity contribution >= 4 is 5.78 Å². The van der Waals surface area contributed by atoms with E-state index in [9.17, 15) is 54.4 Å². The number of carbonyl (C=O) groups excluding carboxylic acids is 1. The van der Waals surface area contributed by atoms with Gasteiger partial charge in [-0.3, -0.25) is 4.79 Å². The lowest BCUT2D eigenvalue weighted by Gasteiger charge is -2.48. The molecular weight excluding hydrogens is 698 g/mol. The van der Waals surface area contributed by atoms with Gasteiger partial charge in [0.15, 0.2) is 30.8 Å². The van der Waals surface area contributed by atoms with Gasteiger partial charge in [-0.05, 0) is 12.3 Å². The van der Waals surface area contributed by atoms with Gasteiger partial charge in [-0.25, -0.2) is 8.78 Å². The number of rotatable bonds is 14. The third kappa shape index (κ3) is 8.84. The van der Waals surface area contributed by atoms with Crippen LogP contribution in [0.2, 0.25) is 0 Å². The van der Waals surface area contributed by atoms with Crippen LogP contribution in [0.4, 0.5) is 8.78 Å². The second-order valence-electron chi connectivity index (χ2n) is 13.4. The number of Topliss-reactive ketones (excluding diaryl/α,β-unsaturated/α-hetero) is 1. The van der Waals surface area contributed by atoms with E-state index in [-0.39, 0.29) is 19.5 Å². The van der Waals surface area contributed by atoms with Crippen molar-refractivity contribution in [2.75, 3.05) is 26.2 Å². The molecule has 21 nitrogen and oxygen atoms in total. The topological polar surface area (TPSA) is 390 Å². The molecule has 1 aliphatic carbocycles. The van der Waals surface area contributed by atoms with E-state index in [1.165, 1.54) is 0 Å². The Kier molecular flexibility index (Phi) is 14.5. The van der Waals surface area contributed by atoms with Gasteiger partial charge >= 0.3 is 0 Å². The maximum atomic E-state index is 14.0. The van der Waals surface area contributed by atoms with Crippen LogP contribution in [0.5, 0.6) is 0 Å². The number of hydrogen-bond acceptors (Lipinski definition) is 21.